The highest BCUT2D eigenvalue weighted by atomic mass is 35.5. The van der Waals surface area contributed by atoms with Crippen LogP contribution in [0, 0.1) is 0 Å². The zero-order valence-electron chi connectivity index (χ0n) is 15.2. The van der Waals surface area contributed by atoms with Crippen LogP contribution in [-0.4, -0.2) is 23.5 Å². The monoisotopic (exact) mass is 374 g/mol. The number of nitrogens with one attached hydrogen (secondary N) is 1. The molecule has 1 N–H and O–H groups in total. The molecule has 0 spiro atoms. The minimum Gasteiger partial charge on any atom is -0.494 e. The average Bonchev–Trinajstić information content (AvgIpc) is 2.61. The van der Waals surface area contributed by atoms with Gasteiger partial charge in [0.2, 0.25) is 11.8 Å². The molecule has 0 bridgehead atoms. The number of ether oxygens (including phenoxy) is 2. The molecule has 1 amide bonds. The van der Waals surface area contributed by atoms with E-state index in [-0.39, 0.29) is 11.9 Å². The average molecular weight is 375 g/mol. The lowest BCUT2D eigenvalue weighted by Gasteiger charge is -2.09. The van der Waals surface area contributed by atoms with Crippen molar-refractivity contribution in [1.29, 1.82) is 0 Å². The minimum atomic E-state index is -0.0629. The highest BCUT2D eigenvalue weighted by Crippen LogP contribution is 2.31. The van der Waals surface area contributed by atoms with Gasteiger partial charge in [0.05, 0.1) is 11.6 Å². The number of carbonyl (C=O) groups excluding carboxylic acids is 1. The molecule has 0 saturated heterocycles. The summed E-state index contributed by atoms with van der Waals surface area (Å²) in [5, 5.41) is 3.25. The number of nitrogens with zero attached hydrogens (tertiary/aromatic N) is 1. The second-order valence-electron chi connectivity index (χ2n) is 5.82. The van der Waals surface area contributed by atoms with Gasteiger partial charge in [0.25, 0.3) is 0 Å². The third-order valence-corrected chi connectivity index (χ3v) is 3.65. The van der Waals surface area contributed by atoms with E-state index in [1.807, 2.05) is 38.1 Å². The van der Waals surface area contributed by atoms with E-state index in [4.69, 9.17) is 21.1 Å². The zero-order valence-corrected chi connectivity index (χ0v) is 15.9. The molecule has 0 aliphatic heterocycles. The molecule has 0 radical (unpaired) electrons. The SMILES string of the molecule is CCCOc1ccc(Oc2ccc(C=C[C@H](C)NC(C)=O)cn2)c(Cl)c1. The lowest BCUT2D eigenvalue weighted by Crippen LogP contribution is -2.28. The second kappa shape index (κ2) is 9.82. The number of amides is 1. The summed E-state index contributed by atoms with van der Waals surface area (Å²) in [6.45, 7) is 6.09. The molecule has 1 aromatic carbocycles. The van der Waals surface area contributed by atoms with Crippen LogP contribution in [0.5, 0.6) is 17.4 Å². The van der Waals surface area contributed by atoms with E-state index in [1.54, 1.807) is 24.4 Å². The predicted molar refractivity (Wildman–Crippen MR) is 104 cm³/mol. The summed E-state index contributed by atoms with van der Waals surface area (Å²) in [4.78, 5) is 15.3. The number of pyridine rings is 1. The van der Waals surface area contributed by atoms with Crippen LogP contribution in [-0.2, 0) is 4.79 Å². The molecule has 138 valence electrons. The van der Waals surface area contributed by atoms with Crippen LogP contribution in [0.2, 0.25) is 5.02 Å². The van der Waals surface area contributed by atoms with Gasteiger partial charge in [-0.3, -0.25) is 4.79 Å². The fourth-order valence-corrected chi connectivity index (χ4v) is 2.37. The van der Waals surface area contributed by atoms with Gasteiger partial charge >= 0.3 is 0 Å². The van der Waals surface area contributed by atoms with Crippen molar-refractivity contribution in [3.63, 3.8) is 0 Å². The van der Waals surface area contributed by atoms with Crippen molar-refractivity contribution in [2.45, 2.75) is 33.2 Å². The molecule has 1 heterocycles. The van der Waals surface area contributed by atoms with Crippen molar-refractivity contribution in [1.82, 2.24) is 10.3 Å². The van der Waals surface area contributed by atoms with Gasteiger partial charge in [-0.1, -0.05) is 30.7 Å². The van der Waals surface area contributed by atoms with Gasteiger partial charge in [0.1, 0.15) is 11.5 Å². The molecule has 5 nitrogen and oxygen atoms in total. The molecule has 6 heteroatoms. The molecule has 0 saturated carbocycles. The molecule has 2 rings (SSSR count). The first-order chi connectivity index (χ1) is 12.5. The standard InChI is InChI=1S/C20H23ClN2O3/c1-4-11-25-17-8-9-19(18(21)12-17)26-20-10-7-16(13-22-20)6-5-14(2)23-15(3)24/h5-10,12-14H,4,11H2,1-3H3,(H,23,24)/t14-/m0/s1. The molecule has 0 aliphatic rings. The second-order valence-corrected chi connectivity index (χ2v) is 6.23. The lowest BCUT2D eigenvalue weighted by molar-refractivity contribution is -0.119. The maximum Gasteiger partial charge on any atom is 0.219 e. The first-order valence-electron chi connectivity index (χ1n) is 8.49. The molecule has 26 heavy (non-hydrogen) atoms. The van der Waals surface area contributed by atoms with Gasteiger partial charge in [0, 0.05) is 31.3 Å². The van der Waals surface area contributed by atoms with Crippen molar-refractivity contribution in [3.05, 3.63) is 53.2 Å². The van der Waals surface area contributed by atoms with Crippen molar-refractivity contribution in [2.75, 3.05) is 6.61 Å². The molecule has 1 atom stereocenters. The molecule has 0 fully saturated rings. The third kappa shape index (κ3) is 6.41. The Kier molecular flexibility index (Phi) is 7.48. The summed E-state index contributed by atoms with van der Waals surface area (Å²) in [5.41, 5.74) is 0.906. The summed E-state index contributed by atoms with van der Waals surface area (Å²) in [7, 11) is 0. The van der Waals surface area contributed by atoms with E-state index in [2.05, 4.69) is 10.3 Å². The summed E-state index contributed by atoms with van der Waals surface area (Å²) in [6.07, 6.45) is 6.41. The quantitative estimate of drug-likeness (QED) is 0.717. The van der Waals surface area contributed by atoms with E-state index in [0.29, 0.717) is 29.0 Å². The highest BCUT2D eigenvalue weighted by molar-refractivity contribution is 6.32. The van der Waals surface area contributed by atoms with Gasteiger partial charge < -0.3 is 14.8 Å². The van der Waals surface area contributed by atoms with Crippen molar-refractivity contribution >= 4 is 23.6 Å². The number of carbonyl (C=O) groups is 1. The Balaban J connectivity index is 1.98. The van der Waals surface area contributed by atoms with Crippen LogP contribution in [0.1, 0.15) is 32.8 Å². The summed E-state index contributed by atoms with van der Waals surface area (Å²) in [5.74, 6) is 1.62. The fourth-order valence-electron chi connectivity index (χ4n) is 2.16. The van der Waals surface area contributed by atoms with Crippen LogP contribution in [0.15, 0.2) is 42.6 Å². The Morgan fingerprint density at radius 3 is 2.77 bits per heavy atom. The van der Waals surface area contributed by atoms with Crippen molar-refractivity contribution in [2.24, 2.45) is 0 Å². The van der Waals surface area contributed by atoms with Gasteiger partial charge in [-0.05, 0) is 37.1 Å². The Morgan fingerprint density at radius 1 is 1.35 bits per heavy atom. The third-order valence-electron chi connectivity index (χ3n) is 3.36. The summed E-state index contributed by atoms with van der Waals surface area (Å²) in [6, 6.07) is 8.91. The Labute approximate surface area is 159 Å². The molecule has 1 aromatic heterocycles. The highest BCUT2D eigenvalue weighted by Gasteiger charge is 2.06. The Bertz CT molecular complexity index is 760. The van der Waals surface area contributed by atoms with Gasteiger partial charge in [0.15, 0.2) is 0 Å². The number of halogens is 1. The molecule has 0 unspecified atom stereocenters. The van der Waals surface area contributed by atoms with Gasteiger partial charge in [-0.25, -0.2) is 4.98 Å². The number of hydrogen-bond donors (Lipinski definition) is 1. The first kappa shape index (κ1) is 19.8. The van der Waals surface area contributed by atoms with Gasteiger partial charge in [-0.15, -0.1) is 0 Å². The number of aromatic nitrogens is 1. The lowest BCUT2D eigenvalue weighted by atomic mass is 10.2. The fraction of sp³-hybridized carbons (Fsp3) is 0.300. The normalized spacial score (nSPS) is 12.0. The van der Waals surface area contributed by atoms with Crippen LogP contribution in [0.4, 0.5) is 0 Å². The number of hydrogen-bond acceptors (Lipinski definition) is 4. The molecule has 0 aliphatic carbocycles. The maximum absolute atomic E-state index is 11.0. The molecular weight excluding hydrogens is 352 g/mol. The predicted octanol–water partition coefficient (Wildman–Crippen LogP) is 4.85. The van der Waals surface area contributed by atoms with Crippen LogP contribution in [0.3, 0.4) is 0 Å². The van der Waals surface area contributed by atoms with E-state index < -0.39 is 0 Å². The van der Waals surface area contributed by atoms with Crippen LogP contribution >= 0.6 is 11.6 Å². The van der Waals surface area contributed by atoms with E-state index in [0.717, 1.165) is 12.0 Å². The van der Waals surface area contributed by atoms with E-state index in [1.165, 1.54) is 6.92 Å². The van der Waals surface area contributed by atoms with Crippen molar-refractivity contribution in [3.8, 4) is 17.4 Å². The summed E-state index contributed by atoms with van der Waals surface area (Å²) >= 11 is 6.24. The topological polar surface area (TPSA) is 60.5 Å². The Morgan fingerprint density at radius 2 is 2.15 bits per heavy atom. The van der Waals surface area contributed by atoms with E-state index >= 15 is 0 Å². The molecule has 2 aromatic rings. The van der Waals surface area contributed by atoms with Crippen molar-refractivity contribution < 1.29 is 14.3 Å². The maximum atomic E-state index is 11.0. The van der Waals surface area contributed by atoms with Crippen LogP contribution in [0.25, 0.3) is 6.08 Å². The largest absolute Gasteiger partial charge is 0.494 e. The zero-order chi connectivity index (χ0) is 18.9. The van der Waals surface area contributed by atoms with Crippen LogP contribution < -0.4 is 14.8 Å². The first-order valence-corrected chi connectivity index (χ1v) is 8.87. The van der Waals surface area contributed by atoms with E-state index in [9.17, 15) is 4.79 Å². The Hall–Kier alpha value is -2.53. The minimum absolute atomic E-state index is 0.0457. The number of benzene rings is 1. The summed E-state index contributed by atoms with van der Waals surface area (Å²) < 4.78 is 11.3. The number of rotatable bonds is 8. The van der Waals surface area contributed by atoms with Gasteiger partial charge in [-0.2, -0.15) is 0 Å². The smallest absolute Gasteiger partial charge is 0.219 e. The molecular formula is C20H23ClN2O3.